The van der Waals surface area contributed by atoms with Crippen LogP contribution in [-0.4, -0.2) is 33.1 Å². The molecule has 0 radical (unpaired) electrons. The van der Waals surface area contributed by atoms with Crippen molar-refractivity contribution in [1.29, 1.82) is 0 Å². The molecular weight excluding hydrogens is 636 g/mol. The second-order valence-electron chi connectivity index (χ2n) is 12.9. The Morgan fingerprint density at radius 1 is 0.696 bits per heavy atom. The van der Waals surface area contributed by atoms with Gasteiger partial charge in [-0.1, -0.05) is 90.8 Å². The molecule has 8 heteroatoms. The fraction of sp³-hybridized carbons (Fsp3) is 0.342. The molecule has 6 rings (SSSR count). The summed E-state index contributed by atoms with van der Waals surface area (Å²) in [5, 5.41) is -1.26. The number of benzene rings is 4. The molecule has 6 unspecified atom stereocenters. The van der Waals surface area contributed by atoms with Crippen LogP contribution in [0.4, 0.5) is 0 Å². The van der Waals surface area contributed by atoms with E-state index < -0.39 is 53.8 Å². The van der Waals surface area contributed by atoms with Crippen molar-refractivity contribution >= 4 is 37.1 Å². The minimum Gasteiger partial charge on any atom is -0.299 e. The van der Waals surface area contributed by atoms with Crippen LogP contribution in [-0.2, 0) is 30.9 Å². The summed E-state index contributed by atoms with van der Waals surface area (Å²) in [5.41, 5.74) is 4.33. The van der Waals surface area contributed by atoms with E-state index in [4.69, 9.17) is 11.6 Å². The van der Waals surface area contributed by atoms with Gasteiger partial charge in [-0.3, -0.25) is 4.79 Å². The average molecular weight is 675 g/mol. The first-order valence-electron chi connectivity index (χ1n) is 15.9. The topological polar surface area (TPSA) is 85.3 Å². The van der Waals surface area contributed by atoms with Gasteiger partial charge in [-0.2, -0.15) is 0 Å². The van der Waals surface area contributed by atoms with Gasteiger partial charge in [0.1, 0.15) is 5.78 Å². The highest BCUT2D eigenvalue weighted by molar-refractivity contribution is 7.92. The average Bonchev–Trinajstić information content (AvgIpc) is 3.04. The van der Waals surface area contributed by atoms with Crippen LogP contribution in [0, 0.1) is 25.7 Å². The second kappa shape index (κ2) is 12.7. The van der Waals surface area contributed by atoms with Crippen LogP contribution in [0.2, 0.25) is 5.02 Å². The van der Waals surface area contributed by atoms with Crippen molar-refractivity contribution in [2.24, 2.45) is 11.8 Å². The molecular formula is C38H39ClO5S2. The molecule has 46 heavy (non-hydrogen) atoms. The Morgan fingerprint density at radius 2 is 1.30 bits per heavy atom. The van der Waals surface area contributed by atoms with Crippen molar-refractivity contribution < 1.29 is 21.6 Å². The summed E-state index contributed by atoms with van der Waals surface area (Å²) in [6.45, 7) is 5.77. The Hall–Kier alpha value is -3.26. The number of rotatable bonds is 7. The third kappa shape index (κ3) is 5.98. The first-order valence-corrected chi connectivity index (χ1v) is 19.4. The number of carbonyl (C=O) groups excluding carboxylic acids is 1. The summed E-state index contributed by atoms with van der Waals surface area (Å²) in [5.74, 6) is -2.45. The SMILES string of the molecule is CCc1ccc(C2CC3C(CC2S(=O)(=O)c2ccc(C)cc2)C(=O)CC(c2ccc(Cl)cc2)C3S(=O)(=O)c2ccccc2C)cc1. The molecule has 240 valence electrons. The molecule has 2 fully saturated rings. The maximum absolute atomic E-state index is 14.8. The number of hydrogen-bond donors (Lipinski definition) is 0. The van der Waals surface area contributed by atoms with Crippen molar-refractivity contribution in [3.05, 3.63) is 130 Å². The van der Waals surface area contributed by atoms with Crippen LogP contribution in [0.5, 0.6) is 0 Å². The summed E-state index contributed by atoms with van der Waals surface area (Å²) in [4.78, 5) is 14.6. The number of carbonyl (C=O) groups is 1. The third-order valence-corrected chi connectivity index (χ3v) is 15.2. The van der Waals surface area contributed by atoms with E-state index in [9.17, 15) is 21.6 Å². The summed E-state index contributed by atoms with van der Waals surface area (Å²) >= 11 is 6.22. The lowest BCUT2D eigenvalue weighted by Gasteiger charge is -2.48. The molecule has 4 aromatic rings. The Bertz CT molecular complexity index is 1950. The highest BCUT2D eigenvalue weighted by atomic mass is 35.5. The lowest BCUT2D eigenvalue weighted by Crippen LogP contribution is -2.53. The molecule has 0 N–H and O–H groups in total. The predicted octanol–water partition coefficient (Wildman–Crippen LogP) is 8.07. The molecule has 2 aliphatic rings. The van der Waals surface area contributed by atoms with Gasteiger partial charge in [-0.15, -0.1) is 0 Å². The zero-order valence-corrected chi connectivity index (χ0v) is 28.7. The molecule has 0 aromatic heterocycles. The van der Waals surface area contributed by atoms with E-state index in [2.05, 4.69) is 6.92 Å². The van der Waals surface area contributed by atoms with Crippen LogP contribution >= 0.6 is 11.6 Å². The van der Waals surface area contributed by atoms with E-state index >= 15 is 0 Å². The molecule has 6 atom stereocenters. The minimum atomic E-state index is -3.95. The van der Waals surface area contributed by atoms with Gasteiger partial charge >= 0.3 is 0 Å². The second-order valence-corrected chi connectivity index (χ2v) is 17.6. The molecule has 2 saturated carbocycles. The molecule has 5 nitrogen and oxygen atoms in total. The number of fused-ring (bicyclic) bond motifs is 1. The van der Waals surface area contributed by atoms with Crippen LogP contribution in [0.3, 0.4) is 0 Å². The van der Waals surface area contributed by atoms with Gasteiger partial charge in [0.05, 0.1) is 20.3 Å². The van der Waals surface area contributed by atoms with Gasteiger partial charge < -0.3 is 0 Å². The molecule has 0 aliphatic heterocycles. The fourth-order valence-electron chi connectivity index (χ4n) is 7.80. The van der Waals surface area contributed by atoms with E-state index in [1.54, 1.807) is 61.5 Å². The van der Waals surface area contributed by atoms with E-state index in [-0.39, 0.29) is 34.8 Å². The van der Waals surface area contributed by atoms with Gasteiger partial charge in [0, 0.05) is 29.2 Å². The van der Waals surface area contributed by atoms with Crippen molar-refractivity contribution in [3.8, 4) is 0 Å². The normalized spacial score (nSPS) is 25.2. The van der Waals surface area contributed by atoms with Crippen LogP contribution < -0.4 is 0 Å². The van der Waals surface area contributed by atoms with Crippen molar-refractivity contribution in [2.75, 3.05) is 0 Å². The van der Waals surface area contributed by atoms with E-state index in [1.807, 2.05) is 49.4 Å². The molecule has 0 heterocycles. The molecule has 2 aliphatic carbocycles. The molecule has 0 spiro atoms. The van der Waals surface area contributed by atoms with Gasteiger partial charge in [0.15, 0.2) is 19.7 Å². The molecule has 0 saturated heterocycles. The lowest BCUT2D eigenvalue weighted by atomic mass is 9.61. The van der Waals surface area contributed by atoms with E-state index in [0.717, 1.165) is 28.7 Å². The Labute approximate surface area is 277 Å². The summed E-state index contributed by atoms with van der Waals surface area (Å²) in [6, 6.07) is 28.9. The lowest BCUT2D eigenvalue weighted by molar-refractivity contribution is -0.128. The number of aryl methyl sites for hydroxylation is 3. The number of hydrogen-bond acceptors (Lipinski definition) is 5. The van der Waals surface area contributed by atoms with Crippen LogP contribution in [0.1, 0.15) is 65.8 Å². The Balaban J connectivity index is 1.52. The van der Waals surface area contributed by atoms with Gasteiger partial charge in [-0.05, 0) is 91.6 Å². The zero-order valence-electron chi connectivity index (χ0n) is 26.3. The first kappa shape index (κ1) is 32.7. The zero-order chi connectivity index (χ0) is 32.8. The van der Waals surface area contributed by atoms with Crippen molar-refractivity contribution in [2.45, 2.75) is 78.6 Å². The van der Waals surface area contributed by atoms with Crippen molar-refractivity contribution in [3.63, 3.8) is 0 Å². The molecule has 4 aromatic carbocycles. The highest BCUT2D eigenvalue weighted by Crippen LogP contribution is 2.54. The number of sulfone groups is 2. The first-order chi connectivity index (χ1) is 21.9. The number of halogens is 1. The standard InChI is InChI=1S/C38H39ClO5S2/c1-4-26-11-13-27(14-12-26)31-21-34-33(23-37(31)45(41,42)30-19-9-24(2)10-20-30)35(40)22-32(28-15-17-29(39)18-16-28)38(34)46(43,44)36-8-6-5-7-25(36)3/h5-20,31-34,37-38H,4,21-23H2,1-3H3. The minimum absolute atomic E-state index is 0.0196. The van der Waals surface area contributed by atoms with Crippen LogP contribution in [0.15, 0.2) is 107 Å². The summed E-state index contributed by atoms with van der Waals surface area (Å²) < 4.78 is 58.5. The molecule has 0 bridgehead atoms. The van der Waals surface area contributed by atoms with Crippen LogP contribution in [0.25, 0.3) is 0 Å². The van der Waals surface area contributed by atoms with Gasteiger partial charge in [0.25, 0.3) is 0 Å². The summed E-state index contributed by atoms with van der Waals surface area (Å²) in [6.07, 6.45) is 1.20. The van der Waals surface area contributed by atoms with E-state index in [1.165, 1.54) is 0 Å². The third-order valence-electron chi connectivity index (χ3n) is 10.3. The Kier molecular flexibility index (Phi) is 9.05. The maximum Gasteiger partial charge on any atom is 0.182 e. The quantitative estimate of drug-likeness (QED) is 0.198. The number of ketones is 1. The maximum atomic E-state index is 14.8. The van der Waals surface area contributed by atoms with Crippen molar-refractivity contribution in [1.82, 2.24) is 0 Å². The predicted molar refractivity (Wildman–Crippen MR) is 183 cm³/mol. The fourth-order valence-corrected chi connectivity index (χ4v) is 12.5. The van der Waals surface area contributed by atoms with E-state index in [0.29, 0.717) is 10.6 Å². The number of Topliss-reactive ketones (excluding diaryl/α,β-unsaturated/α-hetero) is 1. The molecule has 0 amide bonds. The Morgan fingerprint density at radius 3 is 1.93 bits per heavy atom. The summed E-state index contributed by atoms with van der Waals surface area (Å²) in [7, 11) is -7.82. The largest absolute Gasteiger partial charge is 0.299 e. The van der Waals surface area contributed by atoms with Gasteiger partial charge in [0.2, 0.25) is 0 Å². The monoisotopic (exact) mass is 674 g/mol. The smallest absolute Gasteiger partial charge is 0.182 e. The highest BCUT2D eigenvalue weighted by Gasteiger charge is 2.56. The van der Waals surface area contributed by atoms with Gasteiger partial charge in [-0.25, -0.2) is 16.8 Å².